The Morgan fingerprint density at radius 1 is 0.971 bits per heavy atom. The van der Waals surface area contributed by atoms with Crippen LogP contribution in [-0.4, -0.2) is 86.3 Å². The van der Waals surface area contributed by atoms with Gasteiger partial charge in [0.2, 0.25) is 5.91 Å². The monoisotopic (exact) mass is 467 g/mol. The summed E-state index contributed by atoms with van der Waals surface area (Å²) in [5.74, 6) is 3.23. The number of ether oxygens (including phenoxy) is 3. The van der Waals surface area contributed by atoms with Gasteiger partial charge in [0.25, 0.3) is 0 Å². The van der Waals surface area contributed by atoms with Crippen molar-refractivity contribution >= 4 is 16.9 Å². The van der Waals surface area contributed by atoms with Crippen LogP contribution in [0, 0.1) is 0 Å². The average Bonchev–Trinajstić information content (AvgIpc) is 3.26. The highest BCUT2D eigenvalue weighted by Crippen LogP contribution is 2.27. The van der Waals surface area contributed by atoms with Gasteiger partial charge in [0.05, 0.1) is 45.5 Å². The molecule has 9 nitrogen and oxygen atoms in total. The Kier molecular flexibility index (Phi) is 7.87. The lowest BCUT2D eigenvalue weighted by molar-refractivity contribution is -0.122. The summed E-state index contributed by atoms with van der Waals surface area (Å²) in [4.78, 5) is 25.0. The number of methoxy groups -OCH3 is 3. The summed E-state index contributed by atoms with van der Waals surface area (Å²) < 4.78 is 15.9. The predicted octanol–water partition coefficient (Wildman–Crippen LogP) is 2.07. The first-order valence-corrected chi connectivity index (χ1v) is 11.5. The maximum atomic E-state index is 12.4. The Labute approximate surface area is 200 Å². The number of nitrogens with zero attached hydrogens (tertiary/aromatic N) is 3. The van der Waals surface area contributed by atoms with Crippen molar-refractivity contribution in [1.29, 1.82) is 0 Å². The second-order valence-corrected chi connectivity index (χ2v) is 8.41. The van der Waals surface area contributed by atoms with Crippen LogP contribution in [0.1, 0.15) is 11.4 Å². The molecule has 1 aromatic heterocycles. The molecular weight excluding hydrogens is 434 g/mol. The Morgan fingerprint density at radius 2 is 1.74 bits per heavy atom. The zero-order valence-electron chi connectivity index (χ0n) is 20.1. The highest BCUT2D eigenvalue weighted by molar-refractivity contribution is 5.78. The minimum absolute atomic E-state index is 0.0557. The Morgan fingerprint density at radius 3 is 2.47 bits per heavy atom. The lowest BCUT2D eigenvalue weighted by Crippen LogP contribution is -2.49. The van der Waals surface area contributed by atoms with Gasteiger partial charge in [-0.2, -0.15) is 0 Å². The van der Waals surface area contributed by atoms with Crippen LogP contribution in [0.2, 0.25) is 0 Å². The minimum atomic E-state index is 0.0557. The molecule has 1 saturated heterocycles. The van der Waals surface area contributed by atoms with Crippen LogP contribution < -0.4 is 19.5 Å². The molecule has 0 bridgehead atoms. The molecule has 9 heteroatoms. The molecule has 1 amide bonds. The molecule has 1 fully saturated rings. The molecule has 2 aromatic carbocycles. The number of carbonyl (C=O) groups excluding carboxylic acids is 1. The summed E-state index contributed by atoms with van der Waals surface area (Å²) in [6.07, 6.45) is 0.739. The van der Waals surface area contributed by atoms with Gasteiger partial charge in [-0.15, -0.1) is 0 Å². The predicted molar refractivity (Wildman–Crippen MR) is 131 cm³/mol. The molecule has 0 spiro atoms. The number of hydrogen-bond acceptors (Lipinski definition) is 7. The van der Waals surface area contributed by atoms with Gasteiger partial charge >= 0.3 is 0 Å². The van der Waals surface area contributed by atoms with Gasteiger partial charge in [0.15, 0.2) is 11.5 Å². The first-order chi connectivity index (χ1) is 16.6. The van der Waals surface area contributed by atoms with Gasteiger partial charge in [0.1, 0.15) is 11.6 Å². The fraction of sp³-hybridized carbons (Fsp3) is 0.440. The average molecular weight is 468 g/mol. The van der Waals surface area contributed by atoms with E-state index in [1.54, 1.807) is 21.3 Å². The third-order valence-corrected chi connectivity index (χ3v) is 6.13. The van der Waals surface area contributed by atoms with E-state index in [2.05, 4.69) is 25.1 Å². The zero-order valence-corrected chi connectivity index (χ0v) is 20.1. The van der Waals surface area contributed by atoms with Gasteiger partial charge in [-0.3, -0.25) is 14.6 Å². The van der Waals surface area contributed by atoms with Crippen LogP contribution in [0.5, 0.6) is 17.2 Å². The van der Waals surface area contributed by atoms with Crippen molar-refractivity contribution in [3.63, 3.8) is 0 Å². The van der Waals surface area contributed by atoms with E-state index in [1.807, 2.05) is 36.4 Å². The van der Waals surface area contributed by atoms with Crippen molar-refractivity contribution in [2.24, 2.45) is 0 Å². The number of piperazine rings is 1. The van der Waals surface area contributed by atoms with E-state index in [-0.39, 0.29) is 5.91 Å². The van der Waals surface area contributed by atoms with Crippen molar-refractivity contribution in [2.75, 3.05) is 60.6 Å². The Hall–Kier alpha value is -3.30. The first kappa shape index (κ1) is 23.8. The molecule has 1 aliphatic rings. The maximum absolute atomic E-state index is 12.4. The molecule has 1 aliphatic heterocycles. The molecule has 2 N–H and O–H groups in total. The molecule has 4 rings (SSSR count). The van der Waals surface area contributed by atoms with E-state index in [0.717, 1.165) is 67.3 Å². The molecule has 182 valence electrons. The number of aromatic amines is 1. The maximum Gasteiger partial charge on any atom is 0.234 e. The van der Waals surface area contributed by atoms with Crippen molar-refractivity contribution in [1.82, 2.24) is 25.1 Å². The number of aromatic nitrogens is 2. The van der Waals surface area contributed by atoms with E-state index in [9.17, 15) is 4.79 Å². The molecule has 0 radical (unpaired) electrons. The molecule has 0 aliphatic carbocycles. The van der Waals surface area contributed by atoms with Crippen LogP contribution in [0.3, 0.4) is 0 Å². The zero-order chi connectivity index (χ0) is 23.9. The number of amides is 1. The Balaban J connectivity index is 1.18. The molecule has 34 heavy (non-hydrogen) atoms. The van der Waals surface area contributed by atoms with Crippen molar-refractivity contribution in [2.45, 2.75) is 13.0 Å². The largest absolute Gasteiger partial charge is 0.497 e. The van der Waals surface area contributed by atoms with E-state index in [0.29, 0.717) is 24.6 Å². The molecule has 0 unspecified atom stereocenters. The molecule has 0 atom stereocenters. The fourth-order valence-electron chi connectivity index (χ4n) is 4.20. The van der Waals surface area contributed by atoms with Gasteiger partial charge < -0.3 is 24.5 Å². The lowest BCUT2D eigenvalue weighted by atomic mass is 10.1. The number of H-pyrrole nitrogens is 1. The van der Waals surface area contributed by atoms with Gasteiger partial charge in [-0.1, -0.05) is 6.07 Å². The van der Waals surface area contributed by atoms with Gasteiger partial charge in [-0.05, 0) is 36.2 Å². The first-order valence-electron chi connectivity index (χ1n) is 11.5. The van der Waals surface area contributed by atoms with Crippen molar-refractivity contribution in [3.05, 3.63) is 47.8 Å². The van der Waals surface area contributed by atoms with Crippen molar-refractivity contribution < 1.29 is 19.0 Å². The second kappa shape index (κ2) is 11.2. The number of nitrogens with one attached hydrogen (secondary N) is 2. The summed E-state index contributed by atoms with van der Waals surface area (Å²) in [6, 6.07) is 11.7. The fourth-order valence-corrected chi connectivity index (χ4v) is 4.20. The van der Waals surface area contributed by atoms with Crippen LogP contribution in [-0.2, 0) is 17.8 Å². The smallest absolute Gasteiger partial charge is 0.234 e. The van der Waals surface area contributed by atoms with Gasteiger partial charge in [0, 0.05) is 38.8 Å². The van der Waals surface area contributed by atoms with Crippen LogP contribution in [0.15, 0.2) is 36.4 Å². The summed E-state index contributed by atoms with van der Waals surface area (Å²) in [7, 11) is 4.90. The summed E-state index contributed by atoms with van der Waals surface area (Å²) >= 11 is 0. The molecule has 2 heterocycles. The molecule has 0 saturated carbocycles. The topological polar surface area (TPSA) is 92.0 Å². The van der Waals surface area contributed by atoms with Crippen LogP contribution in [0.25, 0.3) is 11.0 Å². The summed E-state index contributed by atoms with van der Waals surface area (Å²) in [6.45, 7) is 5.30. The highest BCUT2D eigenvalue weighted by Gasteiger charge is 2.20. The summed E-state index contributed by atoms with van der Waals surface area (Å²) in [5.41, 5.74) is 3.02. The van der Waals surface area contributed by atoms with Crippen LogP contribution in [0.4, 0.5) is 0 Å². The third-order valence-electron chi connectivity index (χ3n) is 6.13. The third kappa shape index (κ3) is 5.98. The molecule has 3 aromatic rings. The normalized spacial score (nSPS) is 14.8. The SMILES string of the molecule is COc1ccc2nc(CN3CCN(CC(=O)NCCc4ccc(OC)c(OC)c4)CC3)[nH]c2c1. The number of imidazole rings is 1. The number of fused-ring (bicyclic) bond motifs is 1. The van der Waals surface area contributed by atoms with E-state index in [4.69, 9.17) is 14.2 Å². The van der Waals surface area contributed by atoms with E-state index >= 15 is 0 Å². The highest BCUT2D eigenvalue weighted by atomic mass is 16.5. The van der Waals surface area contributed by atoms with Crippen molar-refractivity contribution in [3.8, 4) is 17.2 Å². The van der Waals surface area contributed by atoms with Crippen LogP contribution >= 0.6 is 0 Å². The Bertz CT molecular complexity index is 1110. The number of benzene rings is 2. The minimum Gasteiger partial charge on any atom is -0.497 e. The van der Waals surface area contributed by atoms with Gasteiger partial charge in [-0.25, -0.2) is 4.98 Å². The lowest BCUT2D eigenvalue weighted by Gasteiger charge is -2.33. The number of carbonyl (C=O) groups is 1. The van der Waals surface area contributed by atoms with E-state index < -0.39 is 0 Å². The number of rotatable bonds is 10. The quantitative estimate of drug-likeness (QED) is 0.472. The number of hydrogen-bond donors (Lipinski definition) is 2. The molecular formula is C25H33N5O4. The van der Waals surface area contributed by atoms with E-state index in [1.165, 1.54) is 0 Å². The standard InChI is InChI=1S/C25H33N5O4/c1-32-19-5-6-20-21(15-19)28-24(27-20)16-29-10-12-30(13-11-29)17-25(31)26-9-8-18-4-7-22(33-2)23(14-18)34-3/h4-7,14-15H,8-13,16-17H2,1-3H3,(H,26,31)(H,27,28). The second-order valence-electron chi connectivity index (χ2n) is 8.41. The summed E-state index contributed by atoms with van der Waals surface area (Å²) in [5, 5.41) is 3.03.